The molecule has 1 rings (SSSR count). The first-order valence-electron chi connectivity index (χ1n) is 4.66. The second kappa shape index (κ2) is 5.44. The highest BCUT2D eigenvalue weighted by Crippen LogP contribution is 2.21. The monoisotopic (exact) mass is 254 g/mol. The number of nitrogens with one attached hydrogen (secondary N) is 1. The standard InChI is InChI=1S/C8H13F3N4S/c1-12-7-6(13-14-16-7)5-15(2)4-3-8(9,10)11/h12H,3-5H2,1-2H3. The molecule has 0 saturated carbocycles. The van der Waals surface area contributed by atoms with Crippen LogP contribution in [-0.4, -0.2) is 41.3 Å². The predicted molar refractivity (Wildman–Crippen MR) is 56.5 cm³/mol. The van der Waals surface area contributed by atoms with E-state index in [0.29, 0.717) is 12.2 Å². The van der Waals surface area contributed by atoms with Gasteiger partial charge in [-0.25, -0.2) is 0 Å². The Labute approximate surface area is 95.6 Å². The van der Waals surface area contributed by atoms with Crippen molar-refractivity contribution in [3.63, 3.8) is 0 Å². The van der Waals surface area contributed by atoms with E-state index >= 15 is 0 Å². The summed E-state index contributed by atoms with van der Waals surface area (Å²) in [4.78, 5) is 1.57. The van der Waals surface area contributed by atoms with Gasteiger partial charge in [0.2, 0.25) is 0 Å². The van der Waals surface area contributed by atoms with Crippen molar-refractivity contribution < 1.29 is 13.2 Å². The fraction of sp³-hybridized carbons (Fsp3) is 0.750. The summed E-state index contributed by atoms with van der Waals surface area (Å²) in [6, 6.07) is 0. The molecular weight excluding hydrogens is 241 g/mol. The third kappa shape index (κ3) is 4.31. The lowest BCUT2D eigenvalue weighted by Crippen LogP contribution is -2.24. The van der Waals surface area contributed by atoms with Crippen LogP contribution in [-0.2, 0) is 6.54 Å². The molecule has 0 aliphatic rings. The average molecular weight is 254 g/mol. The van der Waals surface area contributed by atoms with Crippen LogP contribution in [0.25, 0.3) is 0 Å². The fourth-order valence-electron chi connectivity index (χ4n) is 1.15. The molecule has 0 aromatic carbocycles. The zero-order valence-electron chi connectivity index (χ0n) is 9.01. The molecule has 16 heavy (non-hydrogen) atoms. The number of alkyl halides is 3. The van der Waals surface area contributed by atoms with Crippen molar-refractivity contribution in [1.82, 2.24) is 14.5 Å². The molecular formula is C8H13F3N4S. The highest BCUT2D eigenvalue weighted by atomic mass is 32.1. The summed E-state index contributed by atoms with van der Waals surface area (Å²) in [5.41, 5.74) is 0.678. The van der Waals surface area contributed by atoms with E-state index in [1.807, 2.05) is 0 Å². The minimum Gasteiger partial charge on any atom is -0.377 e. The highest BCUT2D eigenvalue weighted by Gasteiger charge is 2.27. The van der Waals surface area contributed by atoms with Gasteiger partial charge in [0.05, 0.1) is 6.42 Å². The van der Waals surface area contributed by atoms with Crippen molar-refractivity contribution in [3.8, 4) is 0 Å². The summed E-state index contributed by atoms with van der Waals surface area (Å²) < 4.78 is 39.7. The van der Waals surface area contributed by atoms with E-state index in [0.717, 1.165) is 5.00 Å². The van der Waals surface area contributed by atoms with Crippen LogP contribution in [0.4, 0.5) is 18.2 Å². The SMILES string of the molecule is CNc1snnc1CN(C)CCC(F)(F)F. The van der Waals surface area contributed by atoms with Crippen LogP contribution in [0.3, 0.4) is 0 Å². The fourth-order valence-corrected chi connectivity index (χ4v) is 1.68. The van der Waals surface area contributed by atoms with Crippen molar-refractivity contribution in [1.29, 1.82) is 0 Å². The summed E-state index contributed by atoms with van der Waals surface area (Å²) in [7, 11) is 3.36. The molecule has 0 aliphatic carbocycles. The number of aromatic nitrogens is 2. The molecule has 8 heteroatoms. The van der Waals surface area contributed by atoms with Gasteiger partial charge in [0.15, 0.2) is 0 Å². The van der Waals surface area contributed by atoms with Crippen molar-refractivity contribution in [2.75, 3.05) is 26.0 Å². The lowest BCUT2D eigenvalue weighted by molar-refractivity contribution is -0.137. The van der Waals surface area contributed by atoms with E-state index in [-0.39, 0.29) is 6.54 Å². The van der Waals surface area contributed by atoms with Gasteiger partial charge in [-0.05, 0) is 7.05 Å². The predicted octanol–water partition coefficient (Wildman–Crippen LogP) is 1.96. The van der Waals surface area contributed by atoms with Crippen molar-refractivity contribution in [2.24, 2.45) is 0 Å². The Hall–Kier alpha value is -0.890. The third-order valence-electron chi connectivity index (χ3n) is 1.98. The second-order valence-corrected chi connectivity index (χ2v) is 4.16. The molecule has 1 heterocycles. The Morgan fingerprint density at radius 2 is 2.12 bits per heavy atom. The topological polar surface area (TPSA) is 41.1 Å². The Kier molecular flexibility index (Phi) is 4.48. The molecule has 1 N–H and O–H groups in total. The molecule has 0 amide bonds. The molecule has 0 radical (unpaired) electrons. The molecule has 0 unspecified atom stereocenters. The highest BCUT2D eigenvalue weighted by molar-refractivity contribution is 7.10. The Morgan fingerprint density at radius 1 is 1.44 bits per heavy atom. The molecule has 0 spiro atoms. The molecule has 0 fully saturated rings. The molecule has 0 aliphatic heterocycles. The van der Waals surface area contributed by atoms with Crippen molar-refractivity contribution in [3.05, 3.63) is 5.69 Å². The maximum absolute atomic E-state index is 12.0. The normalized spacial score (nSPS) is 12.1. The van der Waals surface area contributed by atoms with Crippen LogP contribution in [0.15, 0.2) is 0 Å². The Morgan fingerprint density at radius 3 is 2.69 bits per heavy atom. The molecule has 1 aromatic rings. The number of rotatable bonds is 5. The first-order chi connectivity index (χ1) is 7.42. The van der Waals surface area contributed by atoms with Crippen LogP contribution in [0, 0.1) is 0 Å². The van der Waals surface area contributed by atoms with Crippen molar-refractivity contribution >= 4 is 16.5 Å². The van der Waals surface area contributed by atoms with Crippen LogP contribution in [0.1, 0.15) is 12.1 Å². The summed E-state index contributed by atoms with van der Waals surface area (Å²) >= 11 is 1.19. The number of anilines is 1. The van der Waals surface area contributed by atoms with E-state index in [1.165, 1.54) is 11.5 Å². The molecule has 0 atom stereocenters. The molecule has 0 saturated heterocycles. The number of nitrogens with zero attached hydrogens (tertiary/aromatic N) is 3. The first-order valence-corrected chi connectivity index (χ1v) is 5.44. The third-order valence-corrected chi connectivity index (χ3v) is 2.77. The lowest BCUT2D eigenvalue weighted by atomic mass is 10.3. The summed E-state index contributed by atoms with van der Waals surface area (Å²) in [5, 5.41) is 7.54. The van der Waals surface area contributed by atoms with Crippen LogP contribution >= 0.6 is 11.5 Å². The number of hydrogen-bond acceptors (Lipinski definition) is 5. The van der Waals surface area contributed by atoms with Gasteiger partial charge in [0, 0.05) is 31.7 Å². The van der Waals surface area contributed by atoms with Gasteiger partial charge >= 0.3 is 6.18 Å². The number of halogens is 3. The molecule has 4 nitrogen and oxygen atoms in total. The first kappa shape index (κ1) is 13.2. The minimum atomic E-state index is -4.11. The summed E-state index contributed by atoms with van der Waals surface area (Å²) in [6.45, 7) is 0.326. The maximum atomic E-state index is 12.0. The van der Waals surface area contributed by atoms with E-state index in [1.54, 1.807) is 19.0 Å². The van der Waals surface area contributed by atoms with E-state index in [9.17, 15) is 13.2 Å². The smallest absolute Gasteiger partial charge is 0.377 e. The zero-order chi connectivity index (χ0) is 12.2. The molecule has 1 aromatic heterocycles. The van der Waals surface area contributed by atoms with Gasteiger partial charge < -0.3 is 10.2 Å². The Balaban J connectivity index is 2.42. The Bertz CT molecular complexity index is 325. The average Bonchev–Trinajstić information content (AvgIpc) is 2.61. The summed E-state index contributed by atoms with van der Waals surface area (Å²) in [5.74, 6) is 0. The lowest BCUT2D eigenvalue weighted by Gasteiger charge is -2.16. The quantitative estimate of drug-likeness (QED) is 0.872. The largest absolute Gasteiger partial charge is 0.390 e. The second-order valence-electron chi connectivity index (χ2n) is 3.40. The van der Waals surface area contributed by atoms with Crippen molar-refractivity contribution in [2.45, 2.75) is 19.1 Å². The summed E-state index contributed by atoms with van der Waals surface area (Å²) in [6.07, 6.45) is -4.92. The van der Waals surface area contributed by atoms with E-state index in [2.05, 4.69) is 14.9 Å². The van der Waals surface area contributed by atoms with Gasteiger partial charge in [-0.1, -0.05) is 4.49 Å². The van der Waals surface area contributed by atoms with Crippen LogP contribution < -0.4 is 5.32 Å². The molecule has 0 bridgehead atoms. The number of hydrogen-bond donors (Lipinski definition) is 1. The zero-order valence-corrected chi connectivity index (χ0v) is 9.82. The van der Waals surface area contributed by atoms with E-state index < -0.39 is 12.6 Å². The molecule has 92 valence electrons. The minimum absolute atomic E-state index is 0.0375. The van der Waals surface area contributed by atoms with Crippen LogP contribution in [0.2, 0.25) is 0 Å². The van der Waals surface area contributed by atoms with Gasteiger partial charge in [0.1, 0.15) is 10.7 Å². The van der Waals surface area contributed by atoms with Gasteiger partial charge in [-0.3, -0.25) is 0 Å². The van der Waals surface area contributed by atoms with Crippen LogP contribution in [0.5, 0.6) is 0 Å². The van der Waals surface area contributed by atoms with E-state index in [4.69, 9.17) is 0 Å². The maximum Gasteiger partial charge on any atom is 0.390 e. The van der Waals surface area contributed by atoms with Gasteiger partial charge in [-0.2, -0.15) is 13.2 Å². The van der Waals surface area contributed by atoms with Gasteiger partial charge in [-0.15, -0.1) is 5.10 Å². The van der Waals surface area contributed by atoms with Gasteiger partial charge in [0.25, 0.3) is 0 Å².